The van der Waals surface area contributed by atoms with Gasteiger partial charge in [-0.2, -0.15) is 0 Å². The third-order valence-corrected chi connectivity index (χ3v) is 4.06. The van der Waals surface area contributed by atoms with Crippen LogP contribution in [0, 0.1) is 5.41 Å². The fraction of sp³-hybridized carbons (Fsp3) is 0.923. The SMILES string of the molecule is CC1(C)CCN(C(=O)C2(C)CCCCN2)C1. The van der Waals surface area contributed by atoms with Crippen LogP contribution in [0.15, 0.2) is 0 Å². The Hall–Kier alpha value is -0.570. The van der Waals surface area contributed by atoms with E-state index in [4.69, 9.17) is 0 Å². The van der Waals surface area contributed by atoms with Crippen molar-refractivity contribution in [1.82, 2.24) is 10.2 Å². The Morgan fingerprint density at radius 3 is 2.44 bits per heavy atom. The van der Waals surface area contributed by atoms with Crippen LogP contribution in [-0.2, 0) is 4.79 Å². The van der Waals surface area contributed by atoms with E-state index in [2.05, 4.69) is 31.0 Å². The molecule has 2 rings (SSSR count). The van der Waals surface area contributed by atoms with Gasteiger partial charge >= 0.3 is 0 Å². The summed E-state index contributed by atoms with van der Waals surface area (Å²) in [6.07, 6.45) is 4.50. The summed E-state index contributed by atoms with van der Waals surface area (Å²) in [5.74, 6) is 0.317. The Balaban J connectivity index is 2.02. The normalized spacial score (nSPS) is 34.1. The zero-order valence-electron chi connectivity index (χ0n) is 10.8. The lowest BCUT2D eigenvalue weighted by Gasteiger charge is -2.37. The van der Waals surface area contributed by atoms with E-state index in [-0.39, 0.29) is 5.54 Å². The first-order valence-electron chi connectivity index (χ1n) is 6.47. The molecule has 2 aliphatic rings. The van der Waals surface area contributed by atoms with Crippen molar-refractivity contribution in [3.8, 4) is 0 Å². The van der Waals surface area contributed by atoms with Crippen LogP contribution >= 0.6 is 0 Å². The van der Waals surface area contributed by atoms with E-state index in [0.717, 1.165) is 32.5 Å². The zero-order valence-corrected chi connectivity index (χ0v) is 10.8. The molecule has 0 aromatic rings. The van der Waals surface area contributed by atoms with E-state index >= 15 is 0 Å². The quantitative estimate of drug-likeness (QED) is 0.736. The van der Waals surface area contributed by atoms with Gasteiger partial charge in [0.2, 0.25) is 5.91 Å². The Morgan fingerprint density at radius 1 is 1.19 bits per heavy atom. The summed E-state index contributed by atoms with van der Waals surface area (Å²) >= 11 is 0. The standard InChI is InChI=1S/C13H24N2O/c1-12(2)7-9-15(10-12)11(16)13(3)6-4-5-8-14-13/h14H,4-10H2,1-3H3. The summed E-state index contributed by atoms with van der Waals surface area (Å²) in [5.41, 5.74) is 0.0133. The number of hydrogen-bond donors (Lipinski definition) is 1. The molecule has 2 saturated heterocycles. The second-order valence-corrected chi connectivity index (χ2v) is 6.36. The minimum absolute atomic E-state index is 0.293. The van der Waals surface area contributed by atoms with Gasteiger partial charge in [-0.3, -0.25) is 4.79 Å². The maximum atomic E-state index is 12.5. The number of rotatable bonds is 1. The van der Waals surface area contributed by atoms with Gasteiger partial charge in [0.1, 0.15) is 0 Å². The zero-order chi connectivity index (χ0) is 11.8. The van der Waals surface area contributed by atoms with Crippen molar-refractivity contribution in [2.75, 3.05) is 19.6 Å². The van der Waals surface area contributed by atoms with Crippen molar-refractivity contribution < 1.29 is 4.79 Å². The van der Waals surface area contributed by atoms with Gasteiger partial charge in [0.05, 0.1) is 5.54 Å². The average Bonchev–Trinajstić information content (AvgIpc) is 2.59. The molecule has 16 heavy (non-hydrogen) atoms. The maximum absolute atomic E-state index is 12.5. The highest BCUT2D eigenvalue weighted by Crippen LogP contribution is 2.31. The summed E-state index contributed by atoms with van der Waals surface area (Å²) in [6, 6.07) is 0. The Morgan fingerprint density at radius 2 is 1.94 bits per heavy atom. The van der Waals surface area contributed by atoms with Gasteiger partial charge in [0.15, 0.2) is 0 Å². The molecule has 0 radical (unpaired) electrons. The molecule has 0 aliphatic carbocycles. The summed E-state index contributed by atoms with van der Waals surface area (Å²) < 4.78 is 0. The molecule has 0 aromatic carbocycles. The number of carbonyl (C=O) groups is 1. The molecule has 1 unspecified atom stereocenters. The van der Waals surface area contributed by atoms with Crippen molar-refractivity contribution in [2.24, 2.45) is 5.41 Å². The number of nitrogens with zero attached hydrogens (tertiary/aromatic N) is 1. The van der Waals surface area contributed by atoms with Gasteiger partial charge < -0.3 is 10.2 Å². The number of hydrogen-bond acceptors (Lipinski definition) is 2. The highest BCUT2D eigenvalue weighted by molar-refractivity contribution is 5.86. The van der Waals surface area contributed by atoms with E-state index in [0.29, 0.717) is 11.3 Å². The van der Waals surface area contributed by atoms with Crippen molar-refractivity contribution in [3.05, 3.63) is 0 Å². The van der Waals surface area contributed by atoms with E-state index in [9.17, 15) is 4.79 Å². The molecule has 0 bridgehead atoms. The maximum Gasteiger partial charge on any atom is 0.242 e. The lowest BCUT2D eigenvalue weighted by atomic mass is 9.89. The van der Waals surface area contributed by atoms with Crippen molar-refractivity contribution in [1.29, 1.82) is 0 Å². The second kappa shape index (κ2) is 4.02. The van der Waals surface area contributed by atoms with Gasteiger partial charge in [-0.1, -0.05) is 13.8 Å². The lowest BCUT2D eigenvalue weighted by molar-refractivity contribution is -0.138. The summed E-state index contributed by atoms with van der Waals surface area (Å²) in [6.45, 7) is 9.40. The van der Waals surface area contributed by atoms with Gasteiger partial charge in [-0.25, -0.2) is 0 Å². The number of nitrogens with one attached hydrogen (secondary N) is 1. The molecule has 0 saturated carbocycles. The first kappa shape index (κ1) is 11.9. The van der Waals surface area contributed by atoms with E-state index < -0.39 is 0 Å². The summed E-state index contributed by atoms with van der Waals surface area (Å²) in [5, 5.41) is 3.41. The van der Waals surface area contributed by atoms with Gasteiger partial charge in [-0.15, -0.1) is 0 Å². The monoisotopic (exact) mass is 224 g/mol. The first-order valence-corrected chi connectivity index (χ1v) is 6.47. The van der Waals surface area contributed by atoms with Crippen LogP contribution in [0.2, 0.25) is 0 Å². The smallest absolute Gasteiger partial charge is 0.242 e. The molecule has 3 nitrogen and oxygen atoms in total. The van der Waals surface area contributed by atoms with Crippen molar-refractivity contribution in [2.45, 2.75) is 52.0 Å². The topological polar surface area (TPSA) is 32.3 Å². The van der Waals surface area contributed by atoms with Gasteiger partial charge in [-0.05, 0) is 44.6 Å². The van der Waals surface area contributed by atoms with Crippen LogP contribution in [-0.4, -0.2) is 36.0 Å². The first-order chi connectivity index (χ1) is 7.43. The Kier molecular flexibility index (Phi) is 2.99. The average molecular weight is 224 g/mol. The van der Waals surface area contributed by atoms with Crippen LogP contribution in [0.5, 0.6) is 0 Å². The van der Waals surface area contributed by atoms with Crippen LogP contribution in [0.3, 0.4) is 0 Å². The molecule has 0 aromatic heterocycles. The third kappa shape index (κ3) is 2.24. The van der Waals surface area contributed by atoms with E-state index in [1.54, 1.807) is 0 Å². The molecular weight excluding hydrogens is 200 g/mol. The molecule has 92 valence electrons. The predicted molar refractivity (Wildman–Crippen MR) is 65.2 cm³/mol. The van der Waals surface area contributed by atoms with Gasteiger partial charge in [0, 0.05) is 13.1 Å². The molecule has 2 aliphatic heterocycles. The van der Waals surface area contributed by atoms with Crippen LogP contribution in [0.1, 0.15) is 46.5 Å². The van der Waals surface area contributed by atoms with Crippen LogP contribution < -0.4 is 5.32 Å². The largest absolute Gasteiger partial charge is 0.341 e. The molecule has 1 amide bonds. The van der Waals surface area contributed by atoms with Gasteiger partial charge in [0.25, 0.3) is 0 Å². The Labute approximate surface area is 98.6 Å². The molecule has 3 heteroatoms. The number of likely N-dealkylation sites (tertiary alicyclic amines) is 1. The van der Waals surface area contributed by atoms with Crippen molar-refractivity contribution in [3.63, 3.8) is 0 Å². The van der Waals surface area contributed by atoms with E-state index in [1.165, 1.54) is 12.8 Å². The third-order valence-electron chi connectivity index (χ3n) is 4.06. The van der Waals surface area contributed by atoms with Crippen LogP contribution in [0.25, 0.3) is 0 Å². The predicted octanol–water partition coefficient (Wildman–Crippen LogP) is 1.78. The summed E-state index contributed by atoms with van der Waals surface area (Å²) in [4.78, 5) is 14.5. The molecule has 1 atom stereocenters. The molecule has 2 heterocycles. The van der Waals surface area contributed by atoms with Crippen molar-refractivity contribution >= 4 is 5.91 Å². The van der Waals surface area contributed by atoms with E-state index in [1.807, 2.05) is 0 Å². The highest BCUT2D eigenvalue weighted by Gasteiger charge is 2.41. The fourth-order valence-corrected chi connectivity index (χ4v) is 2.87. The second-order valence-electron chi connectivity index (χ2n) is 6.36. The van der Waals surface area contributed by atoms with Crippen LogP contribution in [0.4, 0.5) is 0 Å². The molecule has 2 fully saturated rings. The number of carbonyl (C=O) groups excluding carboxylic acids is 1. The number of amides is 1. The fourth-order valence-electron chi connectivity index (χ4n) is 2.87. The Bertz CT molecular complexity index is 280. The minimum Gasteiger partial charge on any atom is -0.341 e. The molecule has 1 N–H and O–H groups in total. The number of piperidine rings is 1. The highest BCUT2D eigenvalue weighted by atomic mass is 16.2. The minimum atomic E-state index is -0.293. The molecular formula is C13H24N2O. The molecule has 0 spiro atoms. The summed E-state index contributed by atoms with van der Waals surface area (Å²) in [7, 11) is 0. The lowest BCUT2D eigenvalue weighted by Crippen LogP contribution is -2.57.